The van der Waals surface area contributed by atoms with Gasteiger partial charge in [0.1, 0.15) is 6.10 Å². The van der Waals surface area contributed by atoms with Gasteiger partial charge in [-0.05, 0) is 12.8 Å². The summed E-state index contributed by atoms with van der Waals surface area (Å²) < 4.78 is 23.9. The van der Waals surface area contributed by atoms with E-state index in [-0.39, 0.29) is 25.0 Å². The molecule has 1 fully saturated rings. The predicted octanol–water partition coefficient (Wildman–Crippen LogP) is 0.651. The molecule has 0 heterocycles. The molecular weight excluding hydrogens is 230 g/mol. The van der Waals surface area contributed by atoms with Gasteiger partial charge in [-0.1, -0.05) is 19.3 Å². The van der Waals surface area contributed by atoms with Crippen LogP contribution in [0.15, 0.2) is 0 Å². The van der Waals surface area contributed by atoms with E-state index in [0.717, 1.165) is 25.7 Å². The smallest absolute Gasteiger partial charge is 0.265 e. The Morgan fingerprint density at radius 1 is 1.29 bits per heavy atom. The fraction of sp³-hybridized carbons (Fsp3) is 0.909. The van der Waals surface area contributed by atoms with Crippen molar-refractivity contribution in [2.45, 2.75) is 50.7 Å². The van der Waals surface area contributed by atoms with Crippen LogP contribution in [0.25, 0.3) is 0 Å². The Morgan fingerprint density at radius 3 is 2.53 bits per heavy atom. The van der Waals surface area contributed by atoms with Gasteiger partial charge in [-0.2, -0.15) is 0 Å². The Kier molecular flexibility index (Phi) is 6.36. The number of carbonyl (C=O) groups is 1. The summed E-state index contributed by atoms with van der Waals surface area (Å²) in [4.78, 5) is 11.4. The molecule has 0 saturated heterocycles. The van der Waals surface area contributed by atoms with Crippen LogP contribution in [0.3, 0.4) is 0 Å². The van der Waals surface area contributed by atoms with Gasteiger partial charge in [-0.25, -0.2) is 8.78 Å². The first-order valence-corrected chi connectivity index (χ1v) is 6.06. The zero-order valence-electron chi connectivity index (χ0n) is 9.79. The minimum atomic E-state index is -2.77. The highest BCUT2D eigenvalue weighted by Gasteiger charge is 2.18. The number of aliphatic hydroxyl groups excluding tert-OH is 1. The molecule has 0 radical (unpaired) electrons. The molecule has 17 heavy (non-hydrogen) atoms. The first-order chi connectivity index (χ1) is 8.09. The summed E-state index contributed by atoms with van der Waals surface area (Å²) in [7, 11) is 0. The zero-order chi connectivity index (χ0) is 12.7. The average molecular weight is 250 g/mol. The SMILES string of the molecule is O=C(CNCC(O)C(F)F)NC1CCCCC1. The van der Waals surface area contributed by atoms with E-state index in [2.05, 4.69) is 10.6 Å². The van der Waals surface area contributed by atoms with E-state index in [9.17, 15) is 13.6 Å². The van der Waals surface area contributed by atoms with Crippen LogP contribution in [0, 0.1) is 0 Å². The number of carbonyl (C=O) groups excluding carboxylic acids is 1. The Labute approximate surface area is 99.8 Å². The van der Waals surface area contributed by atoms with Gasteiger partial charge in [0.25, 0.3) is 6.43 Å². The first-order valence-electron chi connectivity index (χ1n) is 6.06. The monoisotopic (exact) mass is 250 g/mol. The normalized spacial score (nSPS) is 19.3. The summed E-state index contributed by atoms with van der Waals surface area (Å²) in [5.41, 5.74) is 0. The molecule has 0 aliphatic heterocycles. The molecule has 1 aliphatic carbocycles. The summed E-state index contributed by atoms with van der Waals surface area (Å²) in [5, 5.41) is 14.2. The number of nitrogens with one attached hydrogen (secondary N) is 2. The molecule has 1 atom stereocenters. The molecule has 0 aromatic rings. The standard InChI is InChI=1S/C11H20F2N2O2/c12-11(13)9(16)6-14-7-10(17)15-8-4-2-1-3-5-8/h8-9,11,14,16H,1-7H2,(H,15,17). The second-order valence-electron chi connectivity index (χ2n) is 4.44. The van der Waals surface area contributed by atoms with Crippen molar-refractivity contribution in [2.75, 3.05) is 13.1 Å². The van der Waals surface area contributed by atoms with E-state index in [1.165, 1.54) is 6.42 Å². The summed E-state index contributed by atoms with van der Waals surface area (Å²) in [6.45, 7) is -0.296. The van der Waals surface area contributed by atoms with Crippen LogP contribution in [-0.4, -0.2) is 42.7 Å². The minimum absolute atomic E-state index is 0.0275. The molecular formula is C11H20F2N2O2. The van der Waals surface area contributed by atoms with Crippen LogP contribution < -0.4 is 10.6 Å². The van der Waals surface area contributed by atoms with E-state index in [4.69, 9.17) is 5.11 Å². The third-order valence-electron chi connectivity index (χ3n) is 2.90. The maximum atomic E-state index is 11.9. The molecule has 0 aromatic heterocycles. The van der Waals surface area contributed by atoms with Gasteiger partial charge >= 0.3 is 0 Å². The second kappa shape index (κ2) is 7.55. The molecule has 3 N–H and O–H groups in total. The van der Waals surface area contributed by atoms with Crippen molar-refractivity contribution in [3.05, 3.63) is 0 Å². The molecule has 1 unspecified atom stereocenters. The molecule has 1 saturated carbocycles. The van der Waals surface area contributed by atoms with Crippen LogP contribution in [-0.2, 0) is 4.79 Å². The molecule has 100 valence electrons. The molecule has 6 heteroatoms. The Balaban J connectivity index is 2.08. The maximum absolute atomic E-state index is 11.9. The number of alkyl halides is 2. The summed E-state index contributed by atoms with van der Waals surface area (Å²) in [5.74, 6) is -0.196. The van der Waals surface area contributed by atoms with Crippen LogP contribution in [0.4, 0.5) is 8.78 Å². The highest BCUT2D eigenvalue weighted by molar-refractivity contribution is 5.78. The minimum Gasteiger partial charge on any atom is -0.386 e. The lowest BCUT2D eigenvalue weighted by Gasteiger charge is -2.22. The summed E-state index contributed by atoms with van der Waals surface area (Å²) in [6.07, 6.45) is 0.967. The van der Waals surface area contributed by atoms with Crippen molar-refractivity contribution in [3.8, 4) is 0 Å². The van der Waals surface area contributed by atoms with E-state index >= 15 is 0 Å². The predicted molar refractivity (Wildman–Crippen MR) is 59.9 cm³/mol. The molecule has 0 aromatic carbocycles. The topological polar surface area (TPSA) is 61.4 Å². The molecule has 0 spiro atoms. The number of hydrogen-bond acceptors (Lipinski definition) is 3. The molecule has 4 nitrogen and oxygen atoms in total. The van der Waals surface area contributed by atoms with Crippen molar-refractivity contribution in [3.63, 3.8) is 0 Å². The van der Waals surface area contributed by atoms with Gasteiger partial charge in [0.2, 0.25) is 5.91 Å². The van der Waals surface area contributed by atoms with Crippen LogP contribution in [0.5, 0.6) is 0 Å². The van der Waals surface area contributed by atoms with E-state index < -0.39 is 12.5 Å². The Hall–Kier alpha value is -0.750. The molecule has 1 rings (SSSR count). The van der Waals surface area contributed by atoms with Crippen LogP contribution in [0.1, 0.15) is 32.1 Å². The highest BCUT2D eigenvalue weighted by Crippen LogP contribution is 2.16. The van der Waals surface area contributed by atoms with E-state index in [1.807, 2.05) is 0 Å². The van der Waals surface area contributed by atoms with Crippen molar-refractivity contribution in [2.24, 2.45) is 0 Å². The summed E-state index contributed by atoms with van der Waals surface area (Å²) in [6, 6.07) is 0.220. The third-order valence-corrected chi connectivity index (χ3v) is 2.90. The fourth-order valence-corrected chi connectivity index (χ4v) is 1.95. The van der Waals surface area contributed by atoms with Gasteiger partial charge in [0.15, 0.2) is 0 Å². The Bertz CT molecular complexity index is 234. The number of hydrogen-bond donors (Lipinski definition) is 3. The van der Waals surface area contributed by atoms with Crippen molar-refractivity contribution < 1.29 is 18.7 Å². The third kappa shape index (κ3) is 5.93. The van der Waals surface area contributed by atoms with Crippen LogP contribution in [0.2, 0.25) is 0 Å². The van der Waals surface area contributed by atoms with Crippen molar-refractivity contribution in [1.29, 1.82) is 0 Å². The Morgan fingerprint density at radius 2 is 1.94 bits per heavy atom. The van der Waals surface area contributed by atoms with Crippen LogP contribution >= 0.6 is 0 Å². The van der Waals surface area contributed by atoms with Crippen molar-refractivity contribution in [1.82, 2.24) is 10.6 Å². The molecule has 1 aliphatic rings. The number of amides is 1. The average Bonchev–Trinajstić information content (AvgIpc) is 2.30. The first kappa shape index (κ1) is 14.3. The van der Waals surface area contributed by atoms with E-state index in [0.29, 0.717) is 0 Å². The van der Waals surface area contributed by atoms with Crippen molar-refractivity contribution >= 4 is 5.91 Å². The van der Waals surface area contributed by atoms with Gasteiger partial charge < -0.3 is 15.7 Å². The largest absolute Gasteiger partial charge is 0.386 e. The second-order valence-corrected chi connectivity index (χ2v) is 4.44. The van der Waals surface area contributed by atoms with Gasteiger partial charge in [-0.3, -0.25) is 4.79 Å². The highest BCUT2D eigenvalue weighted by atomic mass is 19.3. The zero-order valence-corrected chi connectivity index (χ0v) is 9.79. The lowest BCUT2D eigenvalue weighted by Crippen LogP contribution is -2.43. The number of halogens is 2. The van der Waals surface area contributed by atoms with Gasteiger partial charge in [-0.15, -0.1) is 0 Å². The van der Waals surface area contributed by atoms with Gasteiger partial charge in [0, 0.05) is 12.6 Å². The van der Waals surface area contributed by atoms with E-state index in [1.54, 1.807) is 0 Å². The fourth-order valence-electron chi connectivity index (χ4n) is 1.95. The quantitative estimate of drug-likeness (QED) is 0.648. The van der Waals surface area contributed by atoms with Gasteiger partial charge in [0.05, 0.1) is 6.54 Å². The maximum Gasteiger partial charge on any atom is 0.265 e. The molecule has 1 amide bonds. The number of aliphatic hydroxyl groups is 1. The summed E-state index contributed by atoms with van der Waals surface area (Å²) >= 11 is 0. The lowest BCUT2D eigenvalue weighted by molar-refractivity contribution is -0.121. The lowest BCUT2D eigenvalue weighted by atomic mass is 9.95. The number of rotatable bonds is 6. The molecule has 0 bridgehead atoms.